The van der Waals surface area contributed by atoms with Gasteiger partial charge in [-0.3, -0.25) is 15.1 Å². The van der Waals surface area contributed by atoms with Crippen LogP contribution in [0.4, 0.5) is 10.5 Å². The Kier molecular flexibility index (Phi) is 5.26. The maximum absolute atomic E-state index is 11.7. The fourth-order valence-corrected chi connectivity index (χ4v) is 1.92. The number of imide groups is 1. The fraction of sp³-hybridized carbons (Fsp3) is 0.375. The van der Waals surface area contributed by atoms with Gasteiger partial charge in [-0.2, -0.15) is 5.26 Å². The zero-order valence-electron chi connectivity index (χ0n) is 12.3. The van der Waals surface area contributed by atoms with Crippen LogP contribution in [0.5, 0.6) is 0 Å². The highest BCUT2D eigenvalue weighted by molar-refractivity contribution is 6.03. The monoisotopic (exact) mass is 299 g/mol. The van der Waals surface area contributed by atoms with Gasteiger partial charge in [-0.1, -0.05) is 12.1 Å². The minimum Gasteiger partial charge on any atom is -0.450 e. The van der Waals surface area contributed by atoms with Crippen LogP contribution in [0.3, 0.4) is 0 Å². The first-order chi connectivity index (χ1) is 10.6. The van der Waals surface area contributed by atoms with Crippen LogP contribution in [0, 0.1) is 17.2 Å². The van der Waals surface area contributed by atoms with Gasteiger partial charge < -0.3 is 4.74 Å². The van der Waals surface area contributed by atoms with Gasteiger partial charge in [0.05, 0.1) is 18.4 Å². The quantitative estimate of drug-likeness (QED) is 0.846. The van der Waals surface area contributed by atoms with Crippen molar-refractivity contribution in [1.29, 1.82) is 5.26 Å². The minimum atomic E-state index is -1.15. The molecule has 0 aliphatic heterocycles. The highest BCUT2D eigenvalue weighted by Crippen LogP contribution is 2.40. The second kappa shape index (κ2) is 7.36. The molecule has 0 aromatic heterocycles. The van der Waals surface area contributed by atoms with Gasteiger partial charge >= 0.3 is 6.09 Å². The van der Waals surface area contributed by atoms with Gasteiger partial charge in [0.2, 0.25) is 0 Å². The summed E-state index contributed by atoms with van der Waals surface area (Å²) in [4.78, 5) is 27.0. The lowest BCUT2D eigenvalue weighted by Crippen LogP contribution is -2.36. The maximum Gasteiger partial charge on any atom is 0.413 e. The molecule has 114 valence electrons. The standard InChI is InChI=1S/C16H17N3O3/c1-2-22-16(21)19-15(20)13(9-17)10-18-14-7-5-12(6-8-14)11-3-4-11/h5-8,10-11,13H,2-4H2,1H3,(H,19,20,21). The number of carbonyl (C=O) groups excluding carboxylic acids is 2. The predicted molar refractivity (Wildman–Crippen MR) is 80.8 cm³/mol. The summed E-state index contributed by atoms with van der Waals surface area (Å²) in [6.07, 6.45) is 2.82. The number of hydrogen-bond donors (Lipinski definition) is 1. The lowest BCUT2D eigenvalue weighted by molar-refractivity contribution is -0.121. The first-order valence-corrected chi connectivity index (χ1v) is 7.15. The number of carbonyl (C=O) groups is 2. The first-order valence-electron chi connectivity index (χ1n) is 7.15. The average Bonchev–Trinajstić information content (AvgIpc) is 3.33. The number of nitriles is 1. The van der Waals surface area contributed by atoms with Crippen LogP contribution in [-0.4, -0.2) is 24.8 Å². The molecule has 1 atom stereocenters. The van der Waals surface area contributed by atoms with Gasteiger partial charge in [0.15, 0.2) is 5.92 Å². The van der Waals surface area contributed by atoms with E-state index in [9.17, 15) is 9.59 Å². The summed E-state index contributed by atoms with van der Waals surface area (Å²) >= 11 is 0. The number of nitrogens with one attached hydrogen (secondary N) is 1. The van der Waals surface area contributed by atoms with E-state index in [0.717, 1.165) is 0 Å². The second-order valence-electron chi connectivity index (χ2n) is 4.96. The molecule has 1 aliphatic rings. The number of alkyl carbamates (subject to hydrolysis) is 1. The van der Waals surface area contributed by atoms with Crippen LogP contribution >= 0.6 is 0 Å². The summed E-state index contributed by atoms with van der Waals surface area (Å²) in [5.74, 6) is -1.23. The van der Waals surface area contributed by atoms with Gasteiger partial charge in [0.1, 0.15) is 0 Å². The molecule has 2 rings (SSSR count). The summed E-state index contributed by atoms with van der Waals surface area (Å²) in [6.45, 7) is 1.77. The SMILES string of the molecule is CCOC(=O)NC(=O)C(C#N)C=Nc1ccc(C2CC2)cc1. The molecule has 0 heterocycles. The highest BCUT2D eigenvalue weighted by Gasteiger charge is 2.23. The van der Waals surface area contributed by atoms with Gasteiger partial charge in [0, 0.05) is 6.21 Å². The van der Waals surface area contributed by atoms with E-state index in [1.165, 1.54) is 24.6 Å². The first kappa shape index (κ1) is 15.7. The zero-order valence-corrected chi connectivity index (χ0v) is 12.3. The van der Waals surface area contributed by atoms with Crippen LogP contribution in [0.1, 0.15) is 31.2 Å². The van der Waals surface area contributed by atoms with Gasteiger partial charge in [0.25, 0.3) is 5.91 Å². The molecular weight excluding hydrogens is 282 g/mol. The Morgan fingerprint density at radius 3 is 2.68 bits per heavy atom. The third kappa shape index (κ3) is 4.42. The number of hydrogen-bond acceptors (Lipinski definition) is 5. The van der Waals surface area contributed by atoms with Crippen molar-refractivity contribution in [2.75, 3.05) is 6.61 Å². The maximum atomic E-state index is 11.7. The highest BCUT2D eigenvalue weighted by atomic mass is 16.5. The number of rotatable bonds is 5. The summed E-state index contributed by atoms with van der Waals surface area (Å²) in [6, 6.07) is 9.50. The van der Waals surface area contributed by atoms with Crippen molar-refractivity contribution in [2.45, 2.75) is 25.7 Å². The molecule has 1 N–H and O–H groups in total. The number of ether oxygens (including phenoxy) is 1. The van der Waals surface area contributed by atoms with E-state index in [4.69, 9.17) is 5.26 Å². The van der Waals surface area contributed by atoms with Gasteiger partial charge in [-0.05, 0) is 43.4 Å². The molecule has 0 bridgehead atoms. The Morgan fingerprint density at radius 1 is 1.45 bits per heavy atom. The molecule has 0 radical (unpaired) electrons. The Bertz CT molecular complexity index is 613. The molecule has 0 spiro atoms. The molecule has 0 saturated heterocycles. The molecular formula is C16H17N3O3. The number of benzene rings is 1. The number of amides is 2. The largest absolute Gasteiger partial charge is 0.450 e. The molecule has 1 aromatic carbocycles. The normalized spacial score (nSPS) is 15.1. The topological polar surface area (TPSA) is 91.5 Å². The molecule has 1 unspecified atom stereocenters. The van der Waals surface area contributed by atoms with Crippen LogP contribution in [0.2, 0.25) is 0 Å². The van der Waals surface area contributed by atoms with Crippen molar-refractivity contribution >= 4 is 23.9 Å². The number of nitrogens with zero attached hydrogens (tertiary/aromatic N) is 2. The van der Waals surface area contributed by atoms with Crippen molar-refractivity contribution < 1.29 is 14.3 Å². The molecule has 1 fully saturated rings. The predicted octanol–water partition coefficient (Wildman–Crippen LogP) is 2.68. The van der Waals surface area contributed by atoms with Crippen molar-refractivity contribution in [2.24, 2.45) is 10.9 Å². The van der Waals surface area contributed by atoms with Crippen molar-refractivity contribution in [3.63, 3.8) is 0 Å². The van der Waals surface area contributed by atoms with Crippen molar-refractivity contribution in [1.82, 2.24) is 5.32 Å². The third-order valence-electron chi connectivity index (χ3n) is 3.24. The van der Waals surface area contributed by atoms with Crippen LogP contribution in [0.25, 0.3) is 0 Å². The molecule has 1 aliphatic carbocycles. The van der Waals surface area contributed by atoms with Crippen LogP contribution < -0.4 is 5.32 Å². The summed E-state index contributed by atoms with van der Waals surface area (Å²) in [7, 11) is 0. The molecule has 6 heteroatoms. The van der Waals surface area contributed by atoms with Crippen LogP contribution in [-0.2, 0) is 9.53 Å². The Morgan fingerprint density at radius 2 is 2.14 bits per heavy atom. The van der Waals surface area contributed by atoms with Crippen molar-refractivity contribution in [3.8, 4) is 6.07 Å². The minimum absolute atomic E-state index is 0.151. The summed E-state index contributed by atoms with van der Waals surface area (Å²) in [5.41, 5.74) is 1.95. The van der Waals surface area contributed by atoms with E-state index in [2.05, 4.69) is 9.73 Å². The smallest absolute Gasteiger partial charge is 0.413 e. The molecule has 22 heavy (non-hydrogen) atoms. The Balaban J connectivity index is 1.94. The van der Waals surface area contributed by atoms with Crippen LogP contribution in [0.15, 0.2) is 29.3 Å². The zero-order chi connectivity index (χ0) is 15.9. The van der Waals surface area contributed by atoms with E-state index in [1.54, 1.807) is 13.0 Å². The molecule has 1 aromatic rings. The van der Waals surface area contributed by atoms with Gasteiger partial charge in [-0.25, -0.2) is 4.79 Å². The van der Waals surface area contributed by atoms with Crippen molar-refractivity contribution in [3.05, 3.63) is 29.8 Å². The van der Waals surface area contributed by atoms with E-state index < -0.39 is 17.9 Å². The average molecular weight is 299 g/mol. The summed E-state index contributed by atoms with van der Waals surface area (Å²) in [5, 5.41) is 11.0. The van der Waals surface area contributed by atoms with E-state index in [1.807, 2.05) is 29.6 Å². The summed E-state index contributed by atoms with van der Waals surface area (Å²) < 4.78 is 4.59. The lowest BCUT2D eigenvalue weighted by Gasteiger charge is -2.05. The lowest BCUT2D eigenvalue weighted by atomic mass is 10.1. The second-order valence-corrected chi connectivity index (χ2v) is 4.96. The Labute approximate surface area is 128 Å². The fourth-order valence-electron chi connectivity index (χ4n) is 1.92. The molecule has 1 saturated carbocycles. The molecule has 6 nitrogen and oxygen atoms in total. The third-order valence-corrected chi connectivity index (χ3v) is 3.24. The Hall–Kier alpha value is -2.68. The molecule has 2 amide bonds. The van der Waals surface area contributed by atoms with E-state index in [0.29, 0.717) is 11.6 Å². The van der Waals surface area contributed by atoms with Gasteiger partial charge in [-0.15, -0.1) is 0 Å². The number of aliphatic imine (C=N–C) groups is 1. The van der Waals surface area contributed by atoms with E-state index in [-0.39, 0.29) is 6.61 Å². The van der Waals surface area contributed by atoms with E-state index >= 15 is 0 Å².